The van der Waals surface area contributed by atoms with E-state index in [1.807, 2.05) is 0 Å². The summed E-state index contributed by atoms with van der Waals surface area (Å²) < 4.78 is 147. The van der Waals surface area contributed by atoms with Crippen LogP contribution in [0.4, 0.5) is 49.6 Å². The second-order valence-electron chi connectivity index (χ2n) is 6.45. The van der Waals surface area contributed by atoms with E-state index in [1.54, 1.807) is 0 Å². The summed E-state index contributed by atoms with van der Waals surface area (Å²) in [5.41, 5.74) is -4.54. The number of anilines is 1. The number of ether oxygens (including phenoxy) is 2. The molecule has 2 aromatic rings. The van der Waals surface area contributed by atoms with Crippen LogP contribution in [-0.2, 0) is 14.3 Å². The van der Waals surface area contributed by atoms with E-state index in [0.29, 0.717) is 7.11 Å². The van der Waals surface area contributed by atoms with Crippen LogP contribution in [0.3, 0.4) is 0 Å². The van der Waals surface area contributed by atoms with Gasteiger partial charge in [0.1, 0.15) is 12.4 Å². The second-order valence-corrected chi connectivity index (χ2v) is 6.45. The third kappa shape index (κ3) is 3.80. The molecule has 0 fully saturated rings. The fourth-order valence-corrected chi connectivity index (χ4v) is 2.89. The number of amides is 1. The first-order valence-corrected chi connectivity index (χ1v) is 8.34. The molecule has 1 aliphatic heterocycles. The lowest BCUT2D eigenvalue weighted by Gasteiger charge is -2.35. The smallest absolute Gasteiger partial charge is 0.465 e. The molecule has 3 rings (SSSR count). The standard InChI is InChI=1S/C18H7F10NO4/c1-32-16(31)17(25,26)4-29-7-2-5(6(19)3-8(7)33-18(27,28)15(29)30)9-10(20)12(22)14(24)13(23)11(9)21/h2-3H,4H2,1H3. The summed E-state index contributed by atoms with van der Waals surface area (Å²) in [6.07, 6.45) is -4.85. The lowest BCUT2D eigenvalue weighted by atomic mass is 10.0. The molecule has 178 valence electrons. The number of carbonyl (C=O) groups is 2. The Labute approximate surface area is 176 Å². The van der Waals surface area contributed by atoms with Gasteiger partial charge in [-0.1, -0.05) is 0 Å². The zero-order chi connectivity index (χ0) is 25.0. The predicted octanol–water partition coefficient (Wildman–Crippen LogP) is 4.31. The number of rotatable bonds is 4. The van der Waals surface area contributed by atoms with E-state index in [4.69, 9.17) is 0 Å². The molecule has 0 atom stereocenters. The van der Waals surface area contributed by atoms with Crippen LogP contribution < -0.4 is 9.64 Å². The summed E-state index contributed by atoms with van der Waals surface area (Å²) in [5.74, 6) is -25.2. The fraction of sp³-hybridized carbons (Fsp3) is 0.222. The highest BCUT2D eigenvalue weighted by molar-refractivity contribution is 6.02. The topological polar surface area (TPSA) is 55.8 Å². The Kier molecular flexibility index (Phi) is 5.71. The van der Waals surface area contributed by atoms with Gasteiger partial charge in [-0.15, -0.1) is 0 Å². The molecule has 0 unspecified atom stereocenters. The zero-order valence-corrected chi connectivity index (χ0v) is 15.7. The highest BCUT2D eigenvalue weighted by Gasteiger charge is 2.55. The Hall–Kier alpha value is -3.52. The Morgan fingerprint density at radius 3 is 2.03 bits per heavy atom. The molecule has 1 heterocycles. The number of esters is 1. The number of carbonyl (C=O) groups excluding carboxylic acids is 2. The predicted molar refractivity (Wildman–Crippen MR) is 86.5 cm³/mol. The lowest BCUT2D eigenvalue weighted by molar-refractivity contribution is -0.194. The Bertz CT molecular complexity index is 1150. The molecule has 0 aliphatic carbocycles. The summed E-state index contributed by atoms with van der Waals surface area (Å²) in [5, 5.41) is 0. The van der Waals surface area contributed by atoms with Crippen LogP contribution in [0.25, 0.3) is 11.1 Å². The molecule has 0 radical (unpaired) electrons. The van der Waals surface area contributed by atoms with Gasteiger partial charge in [-0.2, -0.15) is 17.6 Å². The molecule has 0 saturated heterocycles. The summed E-state index contributed by atoms with van der Waals surface area (Å²) in [7, 11) is 0.511. The Balaban J connectivity index is 2.28. The maximum absolute atomic E-state index is 14.5. The van der Waals surface area contributed by atoms with Crippen molar-refractivity contribution < 1.29 is 63.0 Å². The van der Waals surface area contributed by atoms with E-state index in [0.717, 1.165) is 0 Å². The average molecular weight is 491 g/mol. The molecular formula is C18H7F10NO4. The number of hydrogen-bond donors (Lipinski definition) is 0. The summed E-state index contributed by atoms with van der Waals surface area (Å²) in [6, 6.07) is 0.0236. The monoisotopic (exact) mass is 491 g/mol. The quantitative estimate of drug-likeness (QED) is 0.277. The van der Waals surface area contributed by atoms with Crippen molar-refractivity contribution in [3.05, 3.63) is 47.0 Å². The average Bonchev–Trinajstić information content (AvgIpc) is 2.74. The fourth-order valence-electron chi connectivity index (χ4n) is 2.89. The van der Waals surface area contributed by atoms with E-state index >= 15 is 0 Å². The van der Waals surface area contributed by atoms with Crippen molar-refractivity contribution in [1.29, 1.82) is 0 Å². The first-order valence-electron chi connectivity index (χ1n) is 8.34. The molecule has 0 N–H and O–H groups in total. The summed E-state index contributed by atoms with van der Waals surface area (Å²) in [6.45, 7) is -2.13. The molecule has 0 bridgehead atoms. The van der Waals surface area contributed by atoms with Gasteiger partial charge in [-0.3, -0.25) is 9.69 Å². The number of methoxy groups -OCH3 is 1. The normalized spacial score (nSPS) is 15.2. The van der Waals surface area contributed by atoms with Gasteiger partial charge in [0.05, 0.1) is 18.4 Å². The van der Waals surface area contributed by atoms with Gasteiger partial charge in [0.15, 0.2) is 29.0 Å². The molecule has 1 amide bonds. The molecule has 5 nitrogen and oxygen atoms in total. The van der Waals surface area contributed by atoms with E-state index in [1.165, 1.54) is 0 Å². The molecule has 0 spiro atoms. The van der Waals surface area contributed by atoms with Crippen molar-refractivity contribution >= 4 is 17.6 Å². The van der Waals surface area contributed by atoms with Crippen molar-refractivity contribution in [2.45, 2.75) is 12.0 Å². The third-order valence-electron chi connectivity index (χ3n) is 4.39. The third-order valence-corrected chi connectivity index (χ3v) is 4.39. The Morgan fingerprint density at radius 2 is 1.52 bits per heavy atom. The molecular weight excluding hydrogens is 484 g/mol. The summed E-state index contributed by atoms with van der Waals surface area (Å²) >= 11 is 0. The molecule has 15 heteroatoms. The number of benzene rings is 2. The van der Waals surface area contributed by atoms with Gasteiger partial charge in [0.25, 0.3) is 0 Å². The number of alkyl halides is 4. The van der Waals surface area contributed by atoms with Crippen LogP contribution in [0.2, 0.25) is 0 Å². The van der Waals surface area contributed by atoms with Gasteiger partial charge in [-0.25, -0.2) is 31.1 Å². The number of halogens is 10. The molecule has 0 aromatic heterocycles. The first-order chi connectivity index (χ1) is 15.1. The highest BCUT2D eigenvalue weighted by Crippen LogP contribution is 2.45. The van der Waals surface area contributed by atoms with Crippen molar-refractivity contribution in [3.8, 4) is 16.9 Å². The van der Waals surface area contributed by atoms with Crippen LogP contribution in [0.15, 0.2) is 12.1 Å². The van der Waals surface area contributed by atoms with E-state index in [2.05, 4.69) is 9.47 Å². The number of hydrogen-bond acceptors (Lipinski definition) is 4. The number of fused-ring (bicyclic) bond motifs is 1. The largest absolute Gasteiger partial charge is 0.482 e. The SMILES string of the molecule is COC(=O)C(F)(F)CN1C(=O)C(F)(F)Oc2cc(F)c(-c3c(F)c(F)c(F)c(F)c3F)cc21. The molecule has 33 heavy (non-hydrogen) atoms. The van der Waals surface area contributed by atoms with Crippen molar-refractivity contribution in [3.63, 3.8) is 0 Å². The first kappa shape index (κ1) is 24.1. The van der Waals surface area contributed by atoms with Gasteiger partial charge in [0, 0.05) is 11.6 Å². The molecule has 1 aliphatic rings. The summed E-state index contributed by atoms with van der Waals surface area (Å²) in [4.78, 5) is 22.7. The second kappa shape index (κ2) is 7.81. The Morgan fingerprint density at radius 1 is 1.00 bits per heavy atom. The van der Waals surface area contributed by atoms with Crippen LogP contribution >= 0.6 is 0 Å². The molecule has 0 saturated carbocycles. The van der Waals surface area contributed by atoms with Crippen molar-refractivity contribution in [1.82, 2.24) is 0 Å². The number of nitrogens with zero attached hydrogens (tertiary/aromatic N) is 1. The van der Waals surface area contributed by atoms with Crippen LogP contribution in [0.5, 0.6) is 5.75 Å². The van der Waals surface area contributed by atoms with E-state index < -0.39 is 92.8 Å². The minimum atomic E-state index is -4.85. The lowest BCUT2D eigenvalue weighted by Crippen LogP contribution is -2.55. The van der Waals surface area contributed by atoms with E-state index in [-0.39, 0.29) is 12.1 Å². The van der Waals surface area contributed by atoms with Crippen LogP contribution in [-0.4, -0.2) is 37.6 Å². The van der Waals surface area contributed by atoms with Crippen molar-refractivity contribution in [2.24, 2.45) is 0 Å². The molecule has 2 aromatic carbocycles. The minimum absolute atomic E-state index is 0.0493. The van der Waals surface area contributed by atoms with Crippen LogP contribution in [0, 0.1) is 34.9 Å². The van der Waals surface area contributed by atoms with Gasteiger partial charge in [0.2, 0.25) is 5.82 Å². The minimum Gasteiger partial charge on any atom is -0.465 e. The van der Waals surface area contributed by atoms with E-state index in [9.17, 15) is 53.5 Å². The van der Waals surface area contributed by atoms with Crippen molar-refractivity contribution in [2.75, 3.05) is 18.6 Å². The maximum atomic E-state index is 14.5. The van der Waals surface area contributed by atoms with Gasteiger partial charge < -0.3 is 9.47 Å². The van der Waals surface area contributed by atoms with Gasteiger partial charge >= 0.3 is 23.9 Å². The zero-order valence-electron chi connectivity index (χ0n) is 15.7. The van der Waals surface area contributed by atoms with Gasteiger partial charge in [-0.05, 0) is 6.07 Å². The highest BCUT2D eigenvalue weighted by atomic mass is 19.3. The maximum Gasteiger partial charge on any atom is 0.482 e. The van der Waals surface area contributed by atoms with Crippen LogP contribution in [0.1, 0.15) is 0 Å².